The summed E-state index contributed by atoms with van der Waals surface area (Å²) in [6.07, 6.45) is 0. The summed E-state index contributed by atoms with van der Waals surface area (Å²) in [5.74, 6) is -2.57. The van der Waals surface area contributed by atoms with E-state index in [0.29, 0.717) is 5.56 Å². The van der Waals surface area contributed by atoms with E-state index in [2.05, 4.69) is 0 Å². The van der Waals surface area contributed by atoms with Crippen LogP contribution in [0.1, 0.15) is 12.5 Å². The second-order valence-electron chi connectivity index (χ2n) is 5.14. The predicted molar refractivity (Wildman–Crippen MR) is 70.2 cm³/mol. The van der Waals surface area contributed by atoms with Crippen molar-refractivity contribution in [1.82, 2.24) is 4.31 Å². The van der Waals surface area contributed by atoms with Crippen molar-refractivity contribution in [3.8, 4) is 0 Å². The summed E-state index contributed by atoms with van der Waals surface area (Å²) in [7, 11) is -3.88. The van der Waals surface area contributed by atoms with Gasteiger partial charge in [-0.1, -0.05) is 13.0 Å². The Balaban J connectivity index is 2.18. The third-order valence-electron chi connectivity index (χ3n) is 3.68. The van der Waals surface area contributed by atoms with Crippen molar-refractivity contribution in [1.29, 1.82) is 0 Å². The Morgan fingerprint density at radius 3 is 2.60 bits per heavy atom. The molecule has 20 heavy (non-hydrogen) atoms. The van der Waals surface area contributed by atoms with Crippen molar-refractivity contribution in [2.75, 3.05) is 13.1 Å². The highest BCUT2D eigenvalue weighted by molar-refractivity contribution is 7.89. The number of halogens is 1. The van der Waals surface area contributed by atoms with Crippen molar-refractivity contribution in [2.45, 2.75) is 18.7 Å². The SMILES string of the molecule is Cc1ccc(F)c(S(=O)(=O)N2CC(C(C)C(=O)O)C2)c1. The highest BCUT2D eigenvalue weighted by atomic mass is 32.2. The van der Waals surface area contributed by atoms with Gasteiger partial charge in [0.05, 0.1) is 5.92 Å². The van der Waals surface area contributed by atoms with Gasteiger partial charge in [0.2, 0.25) is 10.0 Å². The molecule has 1 heterocycles. The van der Waals surface area contributed by atoms with Crippen LogP contribution in [0.5, 0.6) is 0 Å². The Bertz CT molecular complexity index is 638. The van der Waals surface area contributed by atoms with Gasteiger partial charge in [0.1, 0.15) is 10.7 Å². The van der Waals surface area contributed by atoms with E-state index in [1.54, 1.807) is 13.8 Å². The first-order chi connectivity index (χ1) is 9.23. The monoisotopic (exact) mass is 301 g/mol. The van der Waals surface area contributed by atoms with Crippen molar-refractivity contribution >= 4 is 16.0 Å². The van der Waals surface area contributed by atoms with Crippen molar-refractivity contribution in [3.63, 3.8) is 0 Å². The number of nitrogens with zero attached hydrogens (tertiary/aromatic N) is 1. The number of carbonyl (C=O) groups is 1. The van der Waals surface area contributed by atoms with Crippen LogP contribution in [-0.2, 0) is 14.8 Å². The zero-order valence-corrected chi connectivity index (χ0v) is 12.0. The molecule has 1 aliphatic heterocycles. The molecule has 1 unspecified atom stereocenters. The van der Waals surface area contributed by atoms with Crippen molar-refractivity contribution in [2.24, 2.45) is 11.8 Å². The molecular weight excluding hydrogens is 285 g/mol. The minimum atomic E-state index is -3.88. The lowest BCUT2D eigenvalue weighted by Gasteiger charge is -2.40. The molecular formula is C13H16FNO4S. The van der Waals surface area contributed by atoms with Crippen LogP contribution in [0.15, 0.2) is 23.1 Å². The maximum atomic E-state index is 13.7. The van der Waals surface area contributed by atoms with Gasteiger partial charge in [0.25, 0.3) is 0 Å². The maximum Gasteiger partial charge on any atom is 0.306 e. The summed E-state index contributed by atoms with van der Waals surface area (Å²) in [5.41, 5.74) is 0.654. The number of carboxylic acid groups (broad SMARTS) is 1. The molecule has 0 bridgehead atoms. The Morgan fingerprint density at radius 2 is 2.05 bits per heavy atom. The van der Waals surface area contributed by atoms with E-state index in [0.717, 1.165) is 10.4 Å². The topological polar surface area (TPSA) is 74.7 Å². The summed E-state index contributed by atoms with van der Waals surface area (Å²) in [4.78, 5) is 10.5. The molecule has 1 atom stereocenters. The van der Waals surface area contributed by atoms with Crippen LogP contribution in [0.2, 0.25) is 0 Å². The van der Waals surface area contributed by atoms with Crippen LogP contribution in [0.3, 0.4) is 0 Å². The number of aliphatic carboxylic acids is 1. The first kappa shape index (κ1) is 14.9. The van der Waals surface area contributed by atoms with E-state index in [9.17, 15) is 17.6 Å². The lowest BCUT2D eigenvalue weighted by Crippen LogP contribution is -2.53. The Hall–Kier alpha value is -1.47. The fourth-order valence-electron chi connectivity index (χ4n) is 2.13. The lowest BCUT2D eigenvalue weighted by molar-refractivity contribution is -0.144. The molecule has 0 aliphatic carbocycles. The molecule has 110 valence electrons. The zero-order valence-electron chi connectivity index (χ0n) is 11.2. The van der Waals surface area contributed by atoms with Crippen LogP contribution in [0.4, 0.5) is 4.39 Å². The summed E-state index contributed by atoms with van der Waals surface area (Å²) in [6.45, 7) is 3.46. The molecule has 0 spiro atoms. The average Bonchev–Trinajstić information content (AvgIpc) is 2.29. The number of carboxylic acids is 1. The summed E-state index contributed by atoms with van der Waals surface area (Å²) in [5, 5.41) is 8.88. The molecule has 1 aromatic rings. The zero-order chi connectivity index (χ0) is 15.1. The fraction of sp³-hybridized carbons (Fsp3) is 0.462. The summed E-state index contributed by atoms with van der Waals surface area (Å²) in [6, 6.07) is 3.91. The van der Waals surface area contributed by atoms with Crippen LogP contribution in [-0.4, -0.2) is 36.9 Å². The molecule has 2 rings (SSSR count). The number of sulfonamides is 1. The molecule has 1 aliphatic rings. The van der Waals surface area contributed by atoms with Gasteiger partial charge in [-0.25, -0.2) is 12.8 Å². The van der Waals surface area contributed by atoms with Gasteiger partial charge in [0, 0.05) is 13.1 Å². The van der Waals surface area contributed by atoms with Gasteiger partial charge in [0.15, 0.2) is 0 Å². The quantitative estimate of drug-likeness (QED) is 0.914. The maximum absolute atomic E-state index is 13.7. The molecule has 1 saturated heterocycles. The van der Waals surface area contributed by atoms with E-state index in [4.69, 9.17) is 5.11 Å². The predicted octanol–water partition coefficient (Wildman–Crippen LogP) is 1.48. The van der Waals surface area contributed by atoms with Gasteiger partial charge in [-0.15, -0.1) is 0 Å². The molecule has 0 aromatic heterocycles. The number of hydrogen-bond acceptors (Lipinski definition) is 3. The number of hydrogen-bond donors (Lipinski definition) is 1. The Kier molecular flexibility index (Phi) is 3.84. The smallest absolute Gasteiger partial charge is 0.306 e. The van der Waals surface area contributed by atoms with E-state index >= 15 is 0 Å². The van der Waals surface area contributed by atoms with Crippen LogP contribution in [0.25, 0.3) is 0 Å². The normalized spacial score (nSPS) is 18.6. The molecule has 5 nitrogen and oxygen atoms in total. The third-order valence-corrected chi connectivity index (χ3v) is 5.52. The number of benzene rings is 1. The average molecular weight is 301 g/mol. The van der Waals surface area contributed by atoms with Gasteiger partial charge < -0.3 is 5.11 Å². The van der Waals surface area contributed by atoms with Gasteiger partial charge in [-0.2, -0.15) is 4.31 Å². The highest BCUT2D eigenvalue weighted by Gasteiger charge is 2.42. The Morgan fingerprint density at radius 1 is 1.45 bits per heavy atom. The molecule has 1 aromatic carbocycles. The molecule has 0 saturated carbocycles. The number of aryl methyl sites for hydroxylation is 1. The molecule has 0 radical (unpaired) electrons. The first-order valence-electron chi connectivity index (χ1n) is 6.22. The second-order valence-corrected chi connectivity index (χ2v) is 7.05. The van der Waals surface area contributed by atoms with Crippen LogP contribution in [0, 0.1) is 24.6 Å². The molecule has 1 fully saturated rings. The summed E-state index contributed by atoms with van der Waals surface area (Å²) >= 11 is 0. The molecule has 1 N–H and O–H groups in total. The second kappa shape index (κ2) is 5.14. The van der Waals surface area contributed by atoms with Gasteiger partial charge in [-0.3, -0.25) is 4.79 Å². The van der Waals surface area contributed by atoms with E-state index in [1.165, 1.54) is 12.1 Å². The van der Waals surface area contributed by atoms with Gasteiger partial charge >= 0.3 is 5.97 Å². The van der Waals surface area contributed by atoms with Crippen molar-refractivity contribution < 1.29 is 22.7 Å². The van der Waals surface area contributed by atoms with E-state index < -0.39 is 27.7 Å². The Labute approximate surface area is 117 Å². The fourth-order valence-corrected chi connectivity index (χ4v) is 3.83. The highest BCUT2D eigenvalue weighted by Crippen LogP contribution is 2.31. The molecule has 0 amide bonds. The van der Waals surface area contributed by atoms with Crippen molar-refractivity contribution in [3.05, 3.63) is 29.6 Å². The lowest BCUT2D eigenvalue weighted by atomic mass is 9.89. The van der Waals surface area contributed by atoms with Crippen LogP contribution >= 0.6 is 0 Å². The largest absolute Gasteiger partial charge is 0.481 e. The standard InChI is InChI=1S/C13H16FNO4S/c1-8-3-4-11(14)12(5-8)20(18,19)15-6-10(7-15)9(2)13(16)17/h3-5,9-10H,6-7H2,1-2H3,(H,16,17). The summed E-state index contributed by atoms with van der Waals surface area (Å²) < 4.78 is 39.3. The third kappa shape index (κ3) is 2.55. The minimum absolute atomic E-state index is 0.114. The number of rotatable bonds is 4. The van der Waals surface area contributed by atoms with E-state index in [-0.39, 0.29) is 23.9 Å². The van der Waals surface area contributed by atoms with Crippen LogP contribution < -0.4 is 0 Å². The van der Waals surface area contributed by atoms with E-state index in [1.807, 2.05) is 0 Å². The minimum Gasteiger partial charge on any atom is -0.481 e. The molecule has 7 heteroatoms. The first-order valence-corrected chi connectivity index (χ1v) is 7.66. The van der Waals surface area contributed by atoms with Gasteiger partial charge in [-0.05, 0) is 30.5 Å².